The maximum Gasteiger partial charge on any atom is 0.416 e. The van der Waals surface area contributed by atoms with Gasteiger partial charge >= 0.3 is 6.18 Å². The van der Waals surface area contributed by atoms with Crippen LogP contribution in [-0.2, 0) is 12.7 Å². The van der Waals surface area contributed by atoms with Gasteiger partial charge in [-0.1, -0.05) is 48.0 Å². The van der Waals surface area contributed by atoms with E-state index in [1.807, 2.05) is 30.3 Å². The summed E-state index contributed by atoms with van der Waals surface area (Å²) in [5.41, 5.74) is 3.53. The first-order valence-electron chi connectivity index (χ1n) is 11.6. The van der Waals surface area contributed by atoms with Crippen molar-refractivity contribution in [2.24, 2.45) is 5.10 Å². The number of alkyl halides is 3. The number of aromatic hydroxyl groups is 1. The third-order valence-electron chi connectivity index (χ3n) is 5.64. The van der Waals surface area contributed by atoms with Gasteiger partial charge < -0.3 is 15.2 Å². The largest absolute Gasteiger partial charge is 0.506 e. The number of ether oxygens (including phenoxy) is 1. The summed E-state index contributed by atoms with van der Waals surface area (Å²) >= 11 is 5.85. The monoisotopic (exact) mass is 545 g/mol. The Hall–Kier alpha value is -4.08. The summed E-state index contributed by atoms with van der Waals surface area (Å²) < 4.78 is 44.0. The van der Waals surface area contributed by atoms with Crippen LogP contribution in [0.25, 0.3) is 10.8 Å². The minimum absolute atomic E-state index is 0. The average Bonchev–Trinajstić information content (AvgIpc) is 2.90. The van der Waals surface area contributed by atoms with E-state index < -0.39 is 17.6 Å². The smallest absolute Gasteiger partial charge is 0.416 e. The Labute approximate surface area is 224 Å². The minimum atomic E-state index is -4.35. The van der Waals surface area contributed by atoms with Crippen LogP contribution in [0.15, 0.2) is 84.0 Å². The number of carbonyl (C=O) groups is 1. The fraction of sp³-hybridized carbons (Fsp3) is 0.143. The van der Waals surface area contributed by atoms with Crippen molar-refractivity contribution in [3.05, 3.63) is 106 Å². The first-order chi connectivity index (χ1) is 18.2. The number of nitrogens with zero attached hydrogens (tertiary/aromatic N) is 1. The lowest BCUT2D eigenvalue weighted by Crippen LogP contribution is -2.20. The number of phenolic OH excluding ortho intramolecular Hbond substituents is 1. The molecule has 0 unspecified atom stereocenters. The Morgan fingerprint density at radius 2 is 1.76 bits per heavy atom. The molecule has 4 aromatic rings. The maximum atomic E-state index is 12.7. The Bertz CT molecular complexity index is 1470. The van der Waals surface area contributed by atoms with Crippen LogP contribution in [0.1, 0.15) is 29.9 Å². The van der Waals surface area contributed by atoms with Gasteiger partial charge in [0.2, 0.25) is 0 Å². The number of halogens is 4. The van der Waals surface area contributed by atoms with Crippen LogP contribution in [0.3, 0.4) is 0 Å². The molecule has 0 saturated carbocycles. The predicted molar refractivity (Wildman–Crippen MR) is 145 cm³/mol. The normalized spacial score (nSPS) is 11.7. The second-order valence-electron chi connectivity index (χ2n) is 8.28. The van der Waals surface area contributed by atoms with Crippen LogP contribution in [0.2, 0.25) is 5.02 Å². The summed E-state index contributed by atoms with van der Waals surface area (Å²) in [5.74, 6) is 0.0727. The Kier molecular flexibility index (Phi) is 8.50. The van der Waals surface area contributed by atoms with Crippen LogP contribution in [-0.4, -0.2) is 30.4 Å². The molecular weight excluding hydrogens is 519 g/mol. The van der Waals surface area contributed by atoms with E-state index in [0.29, 0.717) is 25.4 Å². The summed E-state index contributed by atoms with van der Waals surface area (Å²) in [7, 11) is 0. The van der Waals surface area contributed by atoms with Crippen molar-refractivity contribution in [1.29, 1.82) is 0 Å². The number of benzene rings is 4. The maximum absolute atomic E-state index is 12.7. The van der Waals surface area contributed by atoms with Crippen LogP contribution >= 0.6 is 11.6 Å². The van der Waals surface area contributed by atoms with Gasteiger partial charge in [0.15, 0.2) is 0 Å². The molecule has 0 heterocycles. The fourth-order valence-corrected chi connectivity index (χ4v) is 3.86. The SMILES string of the molecule is O=C(N/N=C/c1ccc(OCCNCc2ccc(C(F)(F)F)cc2)c2ccccc12)c1ccc(O)c(Cl)c1.[HH].[HH]. The van der Waals surface area contributed by atoms with Crippen molar-refractivity contribution < 1.29 is 30.7 Å². The van der Waals surface area contributed by atoms with Gasteiger partial charge in [0, 0.05) is 32.5 Å². The number of hydrogen-bond donors (Lipinski definition) is 3. The first kappa shape index (κ1) is 27.0. The number of carbonyl (C=O) groups excluding carboxylic acids is 1. The van der Waals surface area contributed by atoms with Crippen molar-refractivity contribution >= 4 is 34.5 Å². The van der Waals surface area contributed by atoms with Crippen molar-refractivity contribution in [2.75, 3.05) is 13.2 Å². The second-order valence-corrected chi connectivity index (χ2v) is 8.69. The van der Waals surface area contributed by atoms with E-state index in [4.69, 9.17) is 16.3 Å². The molecule has 10 heteroatoms. The van der Waals surface area contributed by atoms with Crippen molar-refractivity contribution in [3.63, 3.8) is 0 Å². The topological polar surface area (TPSA) is 83.0 Å². The Balaban J connectivity index is 0.00000280. The molecule has 0 radical (unpaired) electrons. The summed E-state index contributed by atoms with van der Waals surface area (Å²) in [6.07, 6.45) is -2.82. The third kappa shape index (κ3) is 6.81. The van der Waals surface area contributed by atoms with E-state index in [0.717, 1.165) is 34.0 Å². The lowest BCUT2D eigenvalue weighted by atomic mass is 10.0. The zero-order chi connectivity index (χ0) is 27.1. The van der Waals surface area contributed by atoms with Crippen LogP contribution in [0, 0.1) is 0 Å². The van der Waals surface area contributed by atoms with Gasteiger partial charge in [-0.2, -0.15) is 18.3 Å². The summed E-state index contributed by atoms with van der Waals surface area (Å²) in [6, 6.07) is 20.4. The van der Waals surface area contributed by atoms with Gasteiger partial charge in [-0.3, -0.25) is 4.79 Å². The van der Waals surface area contributed by atoms with Gasteiger partial charge in [0.25, 0.3) is 5.91 Å². The van der Waals surface area contributed by atoms with Crippen molar-refractivity contribution in [2.45, 2.75) is 12.7 Å². The molecule has 4 rings (SSSR count). The highest BCUT2D eigenvalue weighted by Crippen LogP contribution is 2.29. The average molecular weight is 546 g/mol. The summed E-state index contributed by atoms with van der Waals surface area (Å²) in [4.78, 5) is 12.3. The number of fused-ring (bicyclic) bond motifs is 1. The van der Waals surface area contributed by atoms with E-state index in [1.54, 1.807) is 6.07 Å². The van der Waals surface area contributed by atoms with Gasteiger partial charge in [0.1, 0.15) is 18.1 Å². The molecule has 4 aromatic carbocycles. The molecule has 38 heavy (non-hydrogen) atoms. The standard InChI is InChI=1S/C28H23ClF3N3O3.2H2/c29-24-15-19(7-11-25(24)36)27(37)35-34-17-20-8-12-26(23-4-2-1-3-22(20)23)38-14-13-33-16-18-5-9-21(10-6-18)28(30,31)32;;/h1-12,15,17,33,36H,13-14,16H2,(H,35,37);2*1H/b34-17+;;. The van der Waals surface area contributed by atoms with E-state index in [-0.39, 0.29) is 19.2 Å². The quantitative estimate of drug-likeness (QED) is 0.125. The number of hydrazone groups is 1. The Morgan fingerprint density at radius 1 is 1.03 bits per heavy atom. The van der Waals surface area contributed by atoms with E-state index in [9.17, 15) is 23.1 Å². The highest BCUT2D eigenvalue weighted by molar-refractivity contribution is 6.32. The van der Waals surface area contributed by atoms with Gasteiger partial charge in [-0.15, -0.1) is 0 Å². The lowest BCUT2D eigenvalue weighted by molar-refractivity contribution is -0.137. The number of nitrogens with one attached hydrogen (secondary N) is 2. The van der Waals surface area contributed by atoms with Crippen LogP contribution < -0.4 is 15.5 Å². The summed E-state index contributed by atoms with van der Waals surface area (Å²) in [6.45, 7) is 1.26. The molecule has 0 saturated heterocycles. The van der Waals surface area contributed by atoms with Crippen molar-refractivity contribution in [3.8, 4) is 11.5 Å². The number of rotatable bonds is 9. The molecule has 0 aliphatic carbocycles. The molecule has 0 fully saturated rings. The predicted octanol–water partition coefficient (Wildman–Crippen LogP) is 6.64. The molecule has 0 aromatic heterocycles. The molecule has 0 aliphatic rings. The third-order valence-corrected chi connectivity index (χ3v) is 5.95. The zero-order valence-electron chi connectivity index (χ0n) is 19.9. The van der Waals surface area contributed by atoms with Crippen LogP contribution in [0.5, 0.6) is 11.5 Å². The van der Waals surface area contributed by atoms with E-state index in [2.05, 4.69) is 15.8 Å². The molecular formula is C28H27ClF3N3O3. The molecule has 200 valence electrons. The zero-order valence-corrected chi connectivity index (χ0v) is 20.7. The molecule has 3 N–H and O–H groups in total. The Morgan fingerprint density at radius 3 is 2.47 bits per heavy atom. The number of phenols is 1. The van der Waals surface area contributed by atoms with Crippen LogP contribution in [0.4, 0.5) is 13.2 Å². The number of amides is 1. The molecule has 6 nitrogen and oxygen atoms in total. The van der Waals surface area contributed by atoms with Gasteiger partial charge in [-0.05, 0) is 53.4 Å². The molecule has 1 amide bonds. The highest BCUT2D eigenvalue weighted by atomic mass is 35.5. The number of hydrogen-bond acceptors (Lipinski definition) is 5. The molecule has 0 bridgehead atoms. The van der Waals surface area contributed by atoms with E-state index >= 15 is 0 Å². The van der Waals surface area contributed by atoms with E-state index in [1.165, 1.54) is 36.5 Å². The molecule has 0 atom stereocenters. The lowest BCUT2D eigenvalue weighted by Gasteiger charge is -2.12. The van der Waals surface area contributed by atoms with Crippen molar-refractivity contribution in [1.82, 2.24) is 10.7 Å². The minimum Gasteiger partial charge on any atom is -0.506 e. The fourth-order valence-electron chi connectivity index (χ4n) is 3.68. The first-order valence-corrected chi connectivity index (χ1v) is 11.9. The second kappa shape index (κ2) is 12.0. The summed E-state index contributed by atoms with van der Waals surface area (Å²) in [5, 5.41) is 18.5. The molecule has 0 spiro atoms. The van der Waals surface area contributed by atoms with Gasteiger partial charge in [-0.25, -0.2) is 5.43 Å². The van der Waals surface area contributed by atoms with Gasteiger partial charge in [0.05, 0.1) is 16.8 Å². The highest BCUT2D eigenvalue weighted by Gasteiger charge is 2.29. The molecule has 0 aliphatic heterocycles.